The van der Waals surface area contributed by atoms with Gasteiger partial charge in [-0.3, -0.25) is 4.79 Å². The highest BCUT2D eigenvalue weighted by atomic mass is 79.9. The molecule has 0 aliphatic rings. The molecule has 4 N–H and O–H groups in total. The van der Waals surface area contributed by atoms with E-state index in [2.05, 4.69) is 31.2 Å². The van der Waals surface area contributed by atoms with E-state index in [4.69, 9.17) is 5.73 Å². The molecule has 0 unspecified atom stereocenters. The Bertz CT molecular complexity index is 579. The molecule has 94 valence electrons. The maximum atomic E-state index is 11.3. The third-order valence-corrected chi connectivity index (χ3v) is 3.25. The number of H-pyrrole nitrogens is 1. The van der Waals surface area contributed by atoms with Crippen molar-refractivity contribution in [3.63, 3.8) is 0 Å². The van der Waals surface area contributed by atoms with E-state index in [1.165, 1.54) is 6.33 Å². The molecule has 0 amide bonds. The number of halogens is 1. The summed E-state index contributed by atoms with van der Waals surface area (Å²) in [6.07, 6.45) is 1.37. The van der Waals surface area contributed by atoms with Gasteiger partial charge in [-0.05, 0) is 27.1 Å². The van der Waals surface area contributed by atoms with Gasteiger partial charge in [0.1, 0.15) is 10.3 Å². The number of hydrogen-bond donors (Lipinski definition) is 3. The summed E-state index contributed by atoms with van der Waals surface area (Å²) in [7, 11) is 0. The normalized spacial score (nSPS) is 10.3. The van der Waals surface area contributed by atoms with E-state index in [0.29, 0.717) is 23.4 Å². The number of aromatic amines is 1. The number of aromatic nitrogens is 2. The average molecular weight is 309 g/mol. The van der Waals surface area contributed by atoms with Crippen LogP contribution in [0.25, 0.3) is 0 Å². The summed E-state index contributed by atoms with van der Waals surface area (Å²) in [6.45, 7) is 1.13. The number of hydrogen-bond acceptors (Lipinski definition) is 4. The molecule has 6 heteroatoms. The number of rotatable bonds is 4. The fourth-order valence-electron chi connectivity index (χ4n) is 1.49. The SMILES string of the molecule is NCc1ccc(CNc2nc[nH]c(=O)c2Br)cc1. The first-order valence-electron chi connectivity index (χ1n) is 5.45. The molecule has 0 fully saturated rings. The number of anilines is 1. The van der Waals surface area contributed by atoms with Gasteiger partial charge in [0.05, 0.1) is 6.33 Å². The molecule has 1 aromatic heterocycles. The third-order valence-electron chi connectivity index (χ3n) is 2.52. The van der Waals surface area contributed by atoms with E-state index in [0.717, 1.165) is 11.1 Å². The lowest BCUT2D eigenvalue weighted by molar-refractivity contribution is 1.04. The summed E-state index contributed by atoms with van der Waals surface area (Å²) in [5.41, 5.74) is 7.52. The summed E-state index contributed by atoms with van der Waals surface area (Å²) in [5, 5.41) is 3.10. The molecule has 0 saturated carbocycles. The van der Waals surface area contributed by atoms with Crippen LogP contribution in [0.5, 0.6) is 0 Å². The second-order valence-electron chi connectivity index (χ2n) is 3.77. The number of nitrogens with two attached hydrogens (primary N) is 1. The van der Waals surface area contributed by atoms with Gasteiger partial charge in [-0.1, -0.05) is 24.3 Å². The van der Waals surface area contributed by atoms with Crippen molar-refractivity contribution < 1.29 is 0 Å². The van der Waals surface area contributed by atoms with Crippen LogP contribution in [-0.4, -0.2) is 9.97 Å². The van der Waals surface area contributed by atoms with Gasteiger partial charge < -0.3 is 16.0 Å². The molecule has 0 radical (unpaired) electrons. The van der Waals surface area contributed by atoms with Crippen molar-refractivity contribution in [3.05, 3.63) is 56.5 Å². The molecular formula is C12H13BrN4O. The summed E-state index contributed by atoms with van der Waals surface area (Å²) < 4.78 is 0.406. The van der Waals surface area contributed by atoms with Gasteiger partial charge in [0.15, 0.2) is 0 Å². The zero-order valence-corrected chi connectivity index (χ0v) is 11.2. The Morgan fingerprint density at radius 2 is 1.94 bits per heavy atom. The van der Waals surface area contributed by atoms with E-state index >= 15 is 0 Å². The van der Waals surface area contributed by atoms with Crippen molar-refractivity contribution in [2.75, 3.05) is 5.32 Å². The molecule has 0 saturated heterocycles. The zero-order valence-electron chi connectivity index (χ0n) is 9.61. The lowest BCUT2D eigenvalue weighted by Crippen LogP contribution is -2.12. The maximum absolute atomic E-state index is 11.3. The second-order valence-corrected chi connectivity index (χ2v) is 4.56. The van der Waals surface area contributed by atoms with Gasteiger partial charge in [-0.25, -0.2) is 4.98 Å². The van der Waals surface area contributed by atoms with Crippen LogP contribution in [0.2, 0.25) is 0 Å². The topological polar surface area (TPSA) is 83.8 Å². The van der Waals surface area contributed by atoms with Crippen molar-refractivity contribution in [2.45, 2.75) is 13.1 Å². The molecule has 2 aromatic rings. The highest BCUT2D eigenvalue weighted by Gasteiger charge is 2.04. The van der Waals surface area contributed by atoms with Crippen LogP contribution >= 0.6 is 15.9 Å². The van der Waals surface area contributed by atoms with Crippen molar-refractivity contribution in [3.8, 4) is 0 Å². The minimum absolute atomic E-state index is 0.203. The standard InChI is InChI=1S/C12H13BrN4O/c13-10-11(16-7-17-12(10)18)15-6-9-3-1-8(5-14)2-4-9/h1-4,7H,5-6,14H2,(H2,15,16,17,18). The largest absolute Gasteiger partial charge is 0.365 e. The molecule has 2 rings (SSSR count). The number of nitrogens with zero attached hydrogens (tertiary/aromatic N) is 1. The molecular weight excluding hydrogens is 296 g/mol. The molecule has 0 spiro atoms. The predicted octanol–water partition coefficient (Wildman–Crippen LogP) is 1.60. The average Bonchev–Trinajstić information content (AvgIpc) is 2.41. The minimum atomic E-state index is -0.203. The molecule has 0 aliphatic carbocycles. The lowest BCUT2D eigenvalue weighted by atomic mass is 10.1. The third kappa shape index (κ3) is 2.96. The quantitative estimate of drug-likeness (QED) is 0.801. The zero-order chi connectivity index (χ0) is 13.0. The smallest absolute Gasteiger partial charge is 0.267 e. The molecule has 0 atom stereocenters. The maximum Gasteiger partial charge on any atom is 0.267 e. The Balaban J connectivity index is 2.06. The Morgan fingerprint density at radius 1 is 1.28 bits per heavy atom. The van der Waals surface area contributed by atoms with Crippen LogP contribution in [0.4, 0.5) is 5.82 Å². The van der Waals surface area contributed by atoms with Gasteiger partial charge >= 0.3 is 0 Å². The lowest BCUT2D eigenvalue weighted by Gasteiger charge is -2.07. The fourth-order valence-corrected chi connectivity index (χ4v) is 1.84. The van der Waals surface area contributed by atoms with Gasteiger partial charge in [-0.2, -0.15) is 0 Å². The molecule has 1 aromatic carbocycles. The summed E-state index contributed by atoms with van der Waals surface area (Å²) in [6, 6.07) is 7.96. The molecule has 0 aliphatic heterocycles. The Morgan fingerprint density at radius 3 is 2.61 bits per heavy atom. The first-order valence-corrected chi connectivity index (χ1v) is 6.25. The van der Waals surface area contributed by atoms with Gasteiger partial charge in [0, 0.05) is 13.1 Å². The summed E-state index contributed by atoms with van der Waals surface area (Å²) in [5.74, 6) is 0.529. The van der Waals surface area contributed by atoms with E-state index in [1.54, 1.807) is 0 Å². The van der Waals surface area contributed by atoms with Crippen LogP contribution in [0.15, 0.2) is 39.9 Å². The van der Waals surface area contributed by atoms with Crippen LogP contribution in [-0.2, 0) is 13.1 Å². The van der Waals surface area contributed by atoms with Crippen LogP contribution in [0.1, 0.15) is 11.1 Å². The highest BCUT2D eigenvalue weighted by Crippen LogP contribution is 2.14. The second kappa shape index (κ2) is 5.79. The van der Waals surface area contributed by atoms with Crippen LogP contribution in [0, 0.1) is 0 Å². The van der Waals surface area contributed by atoms with Crippen molar-refractivity contribution in [1.29, 1.82) is 0 Å². The van der Waals surface area contributed by atoms with Gasteiger partial charge in [0.25, 0.3) is 5.56 Å². The Kier molecular flexibility index (Phi) is 4.11. The van der Waals surface area contributed by atoms with E-state index in [9.17, 15) is 4.79 Å². The Hall–Kier alpha value is -1.66. The molecule has 0 bridgehead atoms. The first kappa shape index (κ1) is 12.8. The number of nitrogens with one attached hydrogen (secondary N) is 2. The molecule has 5 nitrogen and oxygen atoms in total. The van der Waals surface area contributed by atoms with E-state index in [1.807, 2.05) is 24.3 Å². The van der Waals surface area contributed by atoms with Gasteiger partial charge in [-0.15, -0.1) is 0 Å². The van der Waals surface area contributed by atoms with E-state index in [-0.39, 0.29) is 5.56 Å². The Labute approximate surface area is 113 Å². The first-order chi connectivity index (χ1) is 8.70. The predicted molar refractivity (Wildman–Crippen MR) is 74.2 cm³/mol. The van der Waals surface area contributed by atoms with Gasteiger partial charge in [0.2, 0.25) is 0 Å². The minimum Gasteiger partial charge on any atom is -0.365 e. The highest BCUT2D eigenvalue weighted by molar-refractivity contribution is 9.10. The summed E-state index contributed by atoms with van der Waals surface area (Å²) in [4.78, 5) is 17.9. The van der Waals surface area contributed by atoms with Crippen molar-refractivity contribution in [2.24, 2.45) is 5.73 Å². The van der Waals surface area contributed by atoms with Crippen molar-refractivity contribution in [1.82, 2.24) is 9.97 Å². The molecule has 18 heavy (non-hydrogen) atoms. The van der Waals surface area contributed by atoms with E-state index < -0.39 is 0 Å². The summed E-state index contributed by atoms with van der Waals surface area (Å²) >= 11 is 3.19. The fraction of sp³-hybridized carbons (Fsp3) is 0.167. The molecule has 1 heterocycles. The van der Waals surface area contributed by atoms with Crippen LogP contribution < -0.4 is 16.6 Å². The van der Waals surface area contributed by atoms with Crippen LogP contribution in [0.3, 0.4) is 0 Å². The number of benzene rings is 1. The van der Waals surface area contributed by atoms with Crippen molar-refractivity contribution >= 4 is 21.7 Å². The monoisotopic (exact) mass is 308 g/mol.